The molecule has 0 saturated heterocycles. The number of rotatable bonds is 6. The second kappa shape index (κ2) is 7.93. The minimum Gasteiger partial charge on any atom is -0.483 e. The van der Waals surface area contributed by atoms with E-state index in [9.17, 15) is 9.59 Å². The van der Waals surface area contributed by atoms with Crippen molar-refractivity contribution in [3.8, 4) is 5.75 Å². The molecular weight excluding hydrogens is 314 g/mol. The van der Waals surface area contributed by atoms with Crippen LogP contribution >= 0.6 is 0 Å². The van der Waals surface area contributed by atoms with Crippen LogP contribution in [0.4, 0.5) is 5.69 Å². The predicted octanol–water partition coefficient (Wildman–Crippen LogP) is 3.94. The molecule has 0 aliphatic carbocycles. The lowest BCUT2D eigenvalue weighted by atomic mass is 10.0. The highest BCUT2D eigenvalue weighted by molar-refractivity contribution is 6.10. The van der Waals surface area contributed by atoms with Crippen LogP contribution in [0, 0.1) is 0 Å². The molecule has 0 spiro atoms. The fourth-order valence-electron chi connectivity index (χ4n) is 2.39. The molecule has 0 saturated carbocycles. The summed E-state index contributed by atoms with van der Waals surface area (Å²) in [7, 11) is 0. The third kappa shape index (κ3) is 4.32. The number of amides is 1. The lowest BCUT2D eigenvalue weighted by molar-refractivity contribution is -0.118. The van der Waals surface area contributed by atoms with Gasteiger partial charge in [-0.25, -0.2) is 0 Å². The minimum absolute atomic E-state index is 0.139. The number of hydrogen-bond donors (Lipinski definition) is 1. The molecule has 0 aromatic heterocycles. The van der Waals surface area contributed by atoms with Crippen LogP contribution in [0.5, 0.6) is 5.75 Å². The van der Waals surface area contributed by atoms with E-state index in [1.165, 1.54) is 0 Å². The molecule has 3 aromatic carbocycles. The van der Waals surface area contributed by atoms with Gasteiger partial charge in [0.2, 0.25) is 0 Å². The van der Waals surface area contributed by atoms with E-state index in [4.69, 9.17) is 4.74 Å². The molecule has 0 bridgehead atoms. The minimum atomic E-state index is -0.284. The first-order valence-corrected chi connectivity index (χ1v) is 7.90. The van der Waals surface area contributed by atoms with Crippen LogP contribution in [0.2, 0.25) is 0 Å². The maximum Gasteiger partial charge on any atom is 0.262 e. The summed E-state index contributed by atoms with van der Waals surface area (Å²) in [5, 5.41) is 2.74. The van der Waals surface area contributed by atoms with Gasteiger partial charge in [-0.3, -0.25) is 9.59 Å². The highest BCUT2D eigenvalue weighted by Gasteiger charge is 2.15. The number of anilines is 1. The van der Waals surface area contributed by atoms with E-state index in [1.807, 2.05) is 36.4 Å². The Morgan fingerprint density at radius 3 is 2.08 bits per heavy atom. The molecule has 0 aliphatic heterocycles. The van der Waals surface area contributed by atoms with Crippen LogP contribution in [0.15, 0.2) is 84.9 Å². The van der Waals surface area contributed by atoms with E-state index in [-0.39, 0.29) is 18.3 Å². The summed E-state index contributed by atoms with van der Waals surface area (Å²) in [6.07, 6.45) is 0. The molecule has 0 radical (unpaired) electrons. The van der Waals surface area contributed by atoms with Crippen molar-refractivity contribution >= 4 is 17.4 Å². The summed E-state index contributed by atoms with van der Waals surface area (Å²) in [5.74, 6) is -0.0348. The summed E-state index contributed by atoms with van der Waals surface area (Å²) in [4.78, 5) is 24.6. The fraction of sp³-hybridized carbons (Fsp3) is 0.0476. The Morgan fingerprint density at radius 2 is 1.36 bits per heavy atom. The Labute approximate surface area is 146 Å². The zero-order valence-corrected chi connectivity index (χ0v) is 13.5. The molecular formula is C21H17NO3. The van der Waals surface area contributed by atoms with Crippen LogP contribution in [0.1, 0.15) is 15.9 Å². The molecule has 3 aromatic rings. The number of para-hydroxylation sites is 2. The van der Waals surface area contributed by atoms with Crippen molar-refractivity contribution in [1.29, 1.82) is 0 Å². The molecule has 0 aliphatic rings. The second-order valence-electron chi connectivity index (χ2n) is 5.39. The van der Waals surface area contributed by atoms with Gasteiger partial charge in [0.1, 0.15) is 5.75 Å². The quantitative estimate of drug-likeness (QED) is 0.696. The molecule has 0 heterocycles. The number of nitrogens with one attached hydrogen (secondary N) is 1. The Balaban J connectivity index is 1.69. The van der Waals surface area contributed by atoms with Crippen LogP contribution in [0.3, 0.4) is 0 Å². The van der Waals surface area contributed by atoms with Crippen molar-refractivity contribution in [3.05, 3.63) is 96.1 Å². The van der Waals surface area contributed by atoms with E-state index in [1.54, 1.807) is 48.5 Å². The highest BCUT2D eigenvalue weighted by Crippen LogP contribution is 2.21. The van der Waals surface area contributed by atoms with Crippen molar-refractivity contribution in [2.24, 2.45) is 0 Å². The first-order valence-electron chi connectivity index (χ1n) is 7.90. The Morgan fingerprint density at radius 1 is 0.760 bits per heavy atom. The molecule has 25 heavy (non-hydrogen) atoms. The average molecular weight is 331 g/mol. The smallest absolute Gasteiger partial charge is 0.262 e. The van der Waals surface area contributed by atoms with Gasteiger partial charge in [0, 0.05) is 11.3 Å². The molecule has 4 nitrogen and oxygen atoms in total. The lowest BCUT2D eigenvalue weighted by Gasteiger charge is -2.11. The molecule has 1 N–H and O–H groups in total. The monoisotopic (exact) mass is 331 g/mol. The van der Waals surface area contributed by atoms with Crippen molar-refractivity contribution in [2.45, 2.75) is 0 Å². The first-order chi connectivity index (χ1) is 12.2. The molecule has 0 fully saturated rings. The lowest BCUT2D eigenvalue weighted by Crippen LogP contribution is -2.20. The highest BCUT2D eigenvalue weighted by atomic mass is 16.5. The van der Waals surface area contributed by atoms with E-state index < -0.39 is 0 Å². The average Bonchev–Trinajstić information content (AvgIpc) is 2.67. The number of benzene rings is 3. The molecule has 3 rings (SSSR count). The Kier molecular flexibility index (Phi) is 5.22. The number of hydrogen-bond acceptors (Lipinski definition) is 3. The van der Waals surface area contributed by atoms with Crippen LogP contribution in [0.25, 0.3) is 0 Å². The number of carbonyl (C=O) groups excluding carboxylic acids is 2. The Bertz CT molecular complexity index is 861. The largest absolute Gasteiger partial charge is 0.483 e. The SMILES string of the molecule is O=C(COc1ccccc1C(=O)c1ccccc1)Nc1ccccc1. The predicted molar refractivity (Wildman–Crippen MR) is 96.9 cm³/mol. The van der Waals surface area contributed by atoms with Gasteiger partial charge in [-0.2, -0.15) is 0 Å². The Hall–Kier alpha value is -3.40. The van der Waals surface area contributed by atoms with Crippen molar-refractivity contribution in [2.75, 3.05) is 11.9 Å². The molecule has 124 valence electrons. The zero-order chi connectivity index (χ0) is 17.5. The summed E-state index contributed by atoms with van der Waals surface area (Å²) < 4.78 is 5.58. The fourth-order valence-corrected chi connectivity index (χ4v) is 2.39. The summed E-state index contributed by atoms with van der Waals surface area (Å²) in [5.41, 5.74) is 1.71. The summed E-state index contributed by atoms with van der Waals surface area (Å²) in [6, 6.07) is 25.0. The normalized spacial score (nSPS) is 10.1. The maximum atomic E-state index is 12.6. The molecule has 0 atom stereocenters. The van der Waals surface area contributed by atoms with Crippen molar-refractivity contribution in [3.63, 3.8) is 0 Å². The topological polar surface area (TPSA) is 55.4 Å². The zero-order valence-electron chi connectivity index (χ0n) is 13.5. The van der Waals surface area contributed by atoms with E-state index in [2.05, 4.69) is 5.32 Å². The van der Waals surface area contributed by atoms with Gasteiger partial charge in [0.15, 0.2) is 12.4 Å². The van der Waals surface area contributed by atoms with Gasteiger partial charge in [-0.15, -0.1) is 0 Å². The van der Waals surface area contributed by atoms with Gasteiger partial charge in [0.25, 0.3) is 5.91 Å². The third-order valence-electron chi connectivity index (χ3n) is 3.58. The third-order valence-corrected chi connectivity index (χ3v) is 3.58. The first kappa shape index (κ1) is 16.5. The molecule has 0 unspecified atom stereocenters. The van der Waals surface area contributed by atoms with Crippen LogP contribution in [-0.2, 0) is 4.79 Å². The van der Waals surface area contributed by atoms with E-state index >= 15 is 0 Å². The molecule has 1 amide bonds. The standard InChI is InChI=1S/C21H17NO3/c23-20(22-17-11-5-2-6-12-17)15-25-19-14-8-7-13-18(19)21(24)16-9-3-1-4-10-16/h1-14H,15H2,(H,22,23). The van der Waals surface area contributed by atoms with Crippen molar-refractivity contribution in [1.82, 2.24) is 0 Å². The van der Waals surface area contributed by atoms with Crippen LogP contribution in [-0.4, -0.2) is 18.3 Å². The van der Waals surface area contributed by atoms with Gasteiger partial charge in [-0.05, 0) is 24.3 Å². The van der Waals surface area contributed by atoms with Crippen molar-refractivity contribution < 1.29 is 14.3 Å². The summed E-state index contributed by atoms with van der Waals surface area (Å²) >= 11 is 0. The van der Waals surface area contributed by atoms with Gasteiger partial charge < -0.3 is 10.1 Å². The second-order valence-corrected chi connectivity index (χ2v) is 5.39. The van der Waals surface area contributed by atoms with E-state index in [0.717, 1.165) is 0 Å². The van der Waals surface area contributed by atoms with Gasteiger partial charge in [0.05, 0.1) is 5.56 Å². The maximum absolute atomic E-state index is 12.6. The number of ether oxygens (including phenoxy) is 1. The molecule has 4 heteroatoms. The van der Waals surface area contributed by atoms with E-state index in [0.29, 0.717) is 22.6 Å². The summed E-state index contributed by atoms with van der Waals surface area (Å²) in [6.45, 7) is -0.173. The number of carbonyl (C=O) groups is 2. The number of ketones is 1. The van der Waals surface area contributed by atoms with Crippen LogP contribution < -0.4 is 10.1 Å². The van der Waals surface area contributed by atoms with Gasteiger partial charge >= 0.3 is 0 Å². The van der Waals surface area contributed by atoms with Gasteiger partial charge in [-0.1, -0.05) is 60.7 Å².